The second-order valence-electron chi connectivity index (χ2n) is 4.32. The third-order valence-electron chi connectivity index (χ3n) is 3.23. The molecule has 1 N–H and O–H groups in total. The number of aryl methyl sites for hydroxylation is 1. The Morgan fingerprint density at radius 2 is 2.24 bits per heavy atom. The predicted octanol–water partition coefficient (Wildman–Crippen LogP) is 1.84. The van der Waals surface area contributed by atoms with Crippen LogP contribution in [0, 0.1) is 0 Å². The highest BCUT2D eigenvalue weighted by molar-refractivity contribution is 5.73. The molecule has 0 saturated heterocycles. The number of rotatable bonds is 4. The first kappa shape index (κ1) is 11.9. The van der Waals surface area contributed by atoms with Gasteiger partial charge >= 0.3 is 5.76 Å². The van der Waals surface area contributed by atoms with E-state index in [-0.39, 0.29) is 5.76 Å². The van der Waals surface area contributed by atoms with E-state index < -0.39 is 0 Å². The molecule has 17 heavy (non-hydrogen) atoms. The minimum Gasteiger partial charge on any atom is -0.408 e. The Hall–Kier alpha value is -1.55. The lowest BCUT2D eigenvalue weighted by Crippen LogP contribution is -2.16. The van der Waals surface area contributed by atoms with Crippen LogP contribution in [0.25, 0.3) is 11.1 Å². The van der Waals surface area contributed by atoms with Crippen molar-refractivity contribution >= 4 is 11.1 Å². The highest BCUT2D eigenvalue weighted by atomic mass is 16.4. The summed E-state index contributed by atoms with van der Waals surface area (Å²) in [4.78, 5) is 11.4. The van der Waals surface area contributed by atoms with E-state index in [1.807, 2.05) is 25.2 Å². The smallest absolute Gasteiger partial charge is 0.408 e. The van der Waals surface area contributed by atoms with Crippen LogP contribution in [0.15, 0.2) is 27.4 Å². The van der Waals surface area contributed by atoms with Crippen LogP contribution in [0.5, 0.6) is 0 Å². The fourth-order valence-electron chi connectivity index (χ4n) is 2.14. The molecule has 0 saturated carbocycles. The van der Waals surface area contributed by atoms with E-state index in [1.165, 1.54) is 5.56 Å². The molecule has 1 atom stereocenters. The summed E-state index contributed by atoms with van der Waals surface area (Å²) in [6, 6.07) is 5.97. The first-order chi connectivity index (χ1) is 8.17. The molecule has 4 nitrogen and oxygen atoms in total. The molecule has 0 fully saturated rings. The molecular formula is C13H18N2O2. The van der Waals surface area contributed by atoms with E-state index in [0.717, 1.165) is 18.5 Å². The number of aromatic nitrogens is 1. The van der Waals surface area contributed by atoms with Gasteiger partial charge in [0.2, 0.25) is 0 Å². The standard InChI is InChI=1S/C13H18N2O2/c1-4-9(8-14-2)10-5-6-12-11(7-10)15(3)13(16)17-12/h5-7,9,14H,4,8H2,1-3H3. The number of oxazole rings is 1. The van der Waals surface area contributed by atoms with Crippen LogP contribution in [-0.4, -0.2) is 18.2 Å². The van der Waals surface area contributed by atoms with Crippen molar-refractivity contribution in [2.45, 2.75) is 19.3 Å². The van der Waals surface area contributed by atoms with E-state index in [1.54, 1.807) is 11.6 Å². The van der Waals surface area contributed by atoms with Crippen LogP contribution in [0.1, 0.15) is 24.8 Å². The van der Waals surface area contributed by atoms with Gasteiger partial charge in [-0.1, -0.05) is 13.0 Å². The molecule has 0 aliphatic heterocycles. The minimum atomic E-state index is -0.307. The van der Waals surface area contributed by atoms with Gasteiger partial charge in [-0.25, -0.2) is 4.79 Å². The summed E-state index contributed by atoms with van der Waals surface area (Å²) in [5.41, 5.74) is 2.76. The van der Waals surface area contributed by atoms with Crippen LogP contribution in [0.2, 0.25) is 0 Å². The monoisotopic (exact) mass is 234 g/mol. The molecular weight excluding hydrogens is 216 g/mol. The van der Waals surface area contributed by atoms with Gasteiger partial charge in [0.25, 0.3) is 0 Å². The second kappa shape index (κ2) is 4.75. The summed E-state index contributed by atoms with van der Waals surface area (Å²) in [5.74, 6) is 0.160. The summed E-state index contributed by atoms with van der Waals surface area (Å²) in [6.45, 7) is 3.11. The fourth-order valence-corrected chi connectivity index (χ4v) is 2.14. The highest BCUT2D eigenvalue weighted by Crippen LogP contribution is 2.22. The average Bonchev–Trinajstić information content (AvgIpc) is 2.62. The number of nitrogens with zero attached hydrogens (tertiary/aromatic N) is 1. The number of benzene rings is 1. The Morgan fingerprint density at radius 1 is 1.47 bits per heavy atom. The Morgan fingerprint density at radius 3 is 2.88 bits per heavy atom. The Labute approximate surface area is 100 Å². The first-order valence-electron chi connectivity index (χ1n) is 5.91. The molecule has 0 bridgehead atoms. The van der Waals surface area contributed by atoms with Gasteiger partial charge in [0.05, 0.1) is 5.52 Å². The SMILES string of the molecule is CCC(CNC)c1ccc2oc(=O)n(C)c2c1. The first-order valence-corrected chi connectivity index (χ1v) is 5.91. The lowest BCUT2D eigenvalue weighted by atomic mass is 9.96. The molecule has 1 heterocycles. The number of nitrogens with one attached hydrogen (secondary N) is 1. The molecule has 4 heteroatoms. The molecule has 2 rings (SSSR count). The number of fused-ring (bicyclic) bond motifs is 1. The second-order valence-corrected chi connectivity index (χ2v) is 4.32. The largest absolute Gasteiger partial charge is 0.419 e. The van der Waals surface area contributed by atoms with Crippen molar-refractivity contribution in [3.05, 3.63) is 34.3 Å². The normalized spacial score (nSPS) is 13.1. The maximum atomic E-state index is 11.4. The lowest BCUT2D eigenvalue weighted by molar-refractivity contribution is 0.528. The van der Waals surface area contributed by atoms with Gasteiger partial charge in [0.15, 0.2) is 5.58 Å². The third-order valence-corrected chi connectivity index (χ3v) is 3.23. The van der Waals surface area contributed by atoms with Crippen molar-refractivity contribution in [2.24, 2.45) is 7.05 Å². The maximum Gasteiger partial charge on any atom is 0.419 e. The molecule has 2 aromatic rings. The molecule has 1 unspecified atom stereocenters. The van der Waals surface area contributed by atoms with Crippen molar-refractivity contribution in [1.82, 2.24) is 9.88 Å². The summed E-state index contributed by atoms with van der Waals surface area (Å²) in [5, 5.41) is 3.19. The van der Waals surface area contributed by atoms with Crippen LogP contribution >= 0.6 is 0 Å². The molecule has 0 aliphatic rings. The van der Waals surface area contributed by atoms with Crippen LogP contribution in [0.3, 0.4) is 0 Å². The van der Waals surface area contributed by atoms with Crippen LogP contribution in [0.4, 0.5) is 0 Å². The van der Waals surface area contributed by atoms with Gasteiger partial charge in [0.1, 0.15) is 0 Å². The van der Waals surface area contributed by atoms with E-state index in [0.29, 0.717) is 11.5 Å². The molecule has 0 amide bonds. The molecule has 0 radical (unpaired) electrons. The van der Waals surface area contributed by atoms with Gasteiger partial charge in [0, 0.05) is 13.6 Å². The maximum absolute atomic E-state index is 11.4. The zero-order valence-electron chi connectivity index (χ0n) is 10.5. The molecule has 0 spiro atoms. The molecule has 1 aromatic carbocycles. The van der Waals surface area contributed by atoms with Crippen molar-refractivity contribution in [1.29, 1.82) is 0 Å². The molecule has 0 aliphatic carbocycles. The third kappa shape index (κ3) is 2.13. The molecule has 1 aromatic heterocycles. The minimum absolute atomic E-state index is 0.307. The average molecular weight is 234 g/mol. The van der Waals surface area contributed by atoms with Crippen LogP contribution in [-0.2, 0) is 7.05 Å². The van der Waals surface area contributed by atoms with Crippen molar-refractivity contribution < 1.29 is 4.42 Å². The van der Waals surface area contributed by atoms with E-state index in [4.69, 9.17) is 4.42 Å². The topological polar surface area (TPSA) is 47.2 Å². The van der Waals surface area contributed by atoms with E-state index in [2.05, 4.69) is 12.2 Å². The summed E-state index contributed by atoms with van der Waals surface area (Å²) >= 11 is 0. The Bertz CT molecular complexity index is 568. The van der Waals surface area contributed by atoms with Gasteiger partial charge in [-0.15, -0.1) is 0 Å². The Balaban J connectivity index is 2.49. The van der Waals surface area contributed by atoms with E-state index in [9.17, 15) is 4.79 Å². The van der Waals surface area contributed by atoms with Crippen molar-refractivity contribution in [3.63, 3.8) is 0 Å². The lowest BCUT2D eigenvalue weighted by Gasteiger charge is -2.14. The number of hydrogen-bond acceptors (Lipinski definition) is 3. The number of likely N-dealkylation sites (N-methyl/N-ethyl adjacent to an activating group) is 1. The summed E-state index contributed by atoms with van der Waals surface area (Å²) in [7, 11) is 3.69. The predicted molar refractivity (Wildman–Crippen MR) is 68.4 cm³/mol. The van der Waals surface area contributed by atoms with Gasteiger partial charge < -0.3 is 9.73 Å². The molecule has 92 valence electrons. The zero-order valence-corrected chi connectivity index (χ0v) is 10.5. The van der Waals surface area contributed by atoms with Crippen molar-refractivity contribution in [2.75, 3.05) is 13.6 Å². The van der Waals surface area contributed by atoms with Gasteiger partial charge in [-0.05, 0) is 37.1 Å². The van der Waals surface area contributed by atoms with Crippen LogP contribution < -0.4 is 11.1 Å². The van der Waals surface area contributed by atoms with E-state index >= 15 is 0 Å². The van der Waals surface area contributed by atoms with Crippen molar-refractivity contribution in [3.8, 4) is 0 Å². The zero-order chi connectivity index (χ0) is 12.4. The number of hydrogen-bond donors (Lipinski definition) is 1. The Kier molecular flexibility index (Phi) is 3.33. The fraction of sp³-hybridized carbons (Fsp3) is 0.462. The van der Waals surface area contributed by atoms with Gasteiger partial charge in [-0.2, -0.15) is 0 Å². The van der Waals surface area contributed by atoms with Gasteiger partial charge in [-0.3, -0.25) is 4.57 Å². The quantitative estimate of drug-likeness (QED) is 0.878. The summed E-state index contributed by atoms with van der Waals surface area (Å²) in [6.07, 6.45) is 1.07. The highest BCUT2D eigenvalue weighted by Gasteiger charge is 2.12. The summed E-state index contributed by atoms with van der Waals surface area (Å²) < 4.78 is 6.67.